The molecular weight excluding hydrogens is 415 g/mol. The molecule has 0 saturated carbocycles. The molecule has 2 aromatic rings. The standard InChI is InChI=1S/C20H28ClFN4O2S/c1-13(2)20-17(14(3)24-26(20)12-16(22)8-9-23)10-15-6-7-19(18(21)11-15)29(27,28)25(4)5/h6-8,11,13H,9-10,12,23H2,1-5H3. The molecule has 0 aliphatic carbocycles. The normalized spacial score (nSPS) is 13.0. The molecule has 0 aliphatic rings. The fourth-order valence-corrected chi connectivity index (χ4v) is 4.66. The molecule has 160 valence electrons. The van der Waals surface area contributed by atoms with E-state index in [0.29, 0.717) is 6.42 Å². The number of rotatable bonds is 8. The first kappa shape index (κ1) is 23.5. The maximum atomic E-state index is 14.0. The predicted octanol–water partition coefficient (Wildman–Crippen LogP) is 3.62. The van der Waals surface area contributed by atoms with Crippen LogP contribution in [-0.4, -0.2) is 43.1 Å². The molecule has 6 nitrogen and oxygen atoms in total. The molecule has 0 spiro atoms. The molecular formula is C20H28ClFN4O2S. The van der Waals surface area contributed by atoms with E-state index < -0.39 is 10.0 Å². The molecule has 2 N–H and O–H groups in total. The third-order valence-corrected chi connectivity index (χ3v) is 6.92. The minimum atomic E-state index is -3.62. The molecule has 2 rings (SSSR count). The van der Waals surface area contributed by atoms with Crippen molar-refractivity contribution in [2.24, 2.45) is 5.73 Å². The molecule has 0 aliphatic heterocycles. The van der Waals surface area contributed by atoms with Gasteiger partial charge in [0, 0.05) is 38.3 Å². The van der Waals surface area contributed by atoms with E-state index in [9.17, 15) is 12.8 Å². The number of aryl methyl sites for hydroxylation is 1. The zero-order valence-electron chi connectivity index (χ0n) is 17.4. The number of halogens is 2. The van der Waals surface area contributed by atoms with Crippen molar-refractivity contribution >= 4 is 21.6 Å². The number of nitrogens with zero attached hydrogens (tertiary/aromatic N) is 3. The van der Waals surface area contributed by atoms with Crippen LogP contribution < -0.4 is 5.73 Å². The average molecular weight is 443 g/mol. The van der Waals surface area contributed by atoms with Crippen LogP contribution in [0.3, 0.4) is 0 Å². The highest BCUT2D eigenvalue weighted by Crippen LogP contribution is 2.29. The van der Waals surface area contributed by atoms with Crippen LogP contribution in [0.4, 0.5) is 4.39 Å². The summed E-state index contributed by atoms with van der Waals surface area (Å²) < 4.78 is 41.5. The van der Waals surface area contributed by atoms with Crippen molar-refractivity contribution in [2.45, 2.75) is 44.6 Å². The number of allylic oxidation sites excluding steroid dienone is 1. The summed E-state index contributed by atoms with van der Waals surface area (Å²) in [5.74, 6) is -0.203. The Labute approximate surface area is 177 Å². The van der Waals surface area contributed by atoms with Gasteiger partial charge in [-0.15, -0.1) is 0 Å². The van der Waals surface area contributed by atoms with Gasteiger partial charge in [-0.1, -0.05) is 31.5 Å². The molecule has 1 aromatic heterocycles. The maximum Gasteiger partial charge on any atom is 0.244 e. The van der Waals surface area contributed by atoms with E-state index in [2.05, 4.69) is 5.10 Å². The van der Waals surface area contributed by atoms with Gasteiger partial charge in [-0.3, -0.25) is 4.68 Å². The second-order valence-electron chi connectivity index (χ2n) is 7.38. The Kier molecular flexibility index (Phi) is 7.62. The van der Waals surface area contributed by atoms with Gasteiger partial charge in [-0.2, -0.15) is 5.10 Å². The average Bonchev–Trinajstić information content (AvgIpc) is 2.89. The summed E-state index contributed by atoms with van der Waals surface area (Å²) in [5, 5.41) is 4.68. The van der Waals surface area contributed by atoms with Gasteiger partial charge in [0.05, 0.1) is 17.3 Å². The summed E-state index contributed by atoms with van der Waals surface area (Å²) >= 11 is 6.28. The van der Waals surface area contributed by atoms with E-state index in [1.165, 1.54) is 26.2 Å². The SMILES string of the molecule is Cc1nn(CC(F)=CCN)c(C(C)C)c1Cc1ccc(S(=O)(=O)N(C)C)c(Cl)c1. The first-order valence-corrected chi connectivity index (χ1v) is 11.1. The van der Waals surface area contributed by atoms with Crippen molar-refractivity contribution in [1.82, 2.24) is 14.1 Å². The molecule has 0 atom stereocenters. The fourth-order valence-electron chi connectivity index (χ4n) is 3.22. The first-order chi connectivity index (χ1) is 13.5. The van der Waals surface area contributed by atoms with Crippen molar-refractivity contribution in [3.63, 3.8) is 0 Å². The van der Waals surface area contributed by atoms with Crippen molar-refractivity contribution in [3.05, 3.63) is 57.6 Å². The zero-order valence-corrected chi connectivity index (χ0v) is 19.0. The Morgan fingerprint density at radius 2 is 2.03 bits per heavy atom. The summed E-state index contributed by atoms with van der Waals surface area (Å²) in [6.45, 7) is 6.11. The Balaban J connectivity index is 2.43. The van der Waals surface area contributed by atoms with Gasteiger partial charge >= 0.3 is 0 Å². The molecule has 1 heterocycles. The number of benzene rings is 1. The van der Waals surface area contributed by atoms with Gasteiger partial charge in [-0.25, -0.2) is 17.1 Å². The minimum Gasteiger partial charge on any atom is -0.327 e. The first-order valence-electron chi connectivity index (χ1n) is 9.30. The van der Waals surface area contributed by atoms with E-state index in [4.69, 9.17) is 17.3 Å². The molecule has 0 fully saturated rings. The third kappa shape index (κ3) is 5.25. The monoisotopic (exact) mass is 442 g/mol. The van der Waals surface area contributed by atoms with E-state index >= 15 is 0 Å². The van der Waals surface area contributed by atoms with Crippen LogP contribution in [0.15, 0.2) is 35.0 Å². The lowest BCUT2D eigenvalue weighted by Gasteiger charge is -2.15. The highest BCUT2D eigenvalue weighted by molar-refractivity contribution is 7.89. The number of sulfonamides is 1. The van der Waals surface area contributed by atoms with E-state index in [1.807, 2.05) is 20.8 Å². The lowest BCUT2D eigenvalue weighted by molar-refractivity contribution is 0.504. The third-order valence-electron chi connectivity index (χ3n) is 4.62. The van der Waals surface area contributed by atoms with Crippen LogP contribution in [0.5, 0.6) is 0 Å². The molecule has 29 heavy (non-hydrogen) atoms. The number of aromatic nitrogens is 2. The van der Waals surface area contributed by atoms with E-state index in [-0.39, 0.29) is 34.8 Å². The summed E-state index contributed by atoms with van der Waals surface area (Å²) in [6.07, 6.45) is 1.86. The molecule has 9 heteroatoms. The second kappa shape index (κ2) is 9.38. The summed E-state index contributed by atoms with van der Waals surface area (Å²) in [5.41, 5.74) is 8.97. The Hall–Kier alpha value is -1.74. The van der Waals surface area contributed by atoms with Crippen molar-refractivity contribution in [3.8, 4) is 0 Å². The van der Waals surface area contributed by atoms with Crippen LogP contribution in [0, 0.1) is 6.92 Å². The van der Waals surface area contributed by atoms with Crippen LogP contribution >= 0.6 is 11.6 Å². The Bertz CT molecular complexity index is 1010. The van der Waals surface area contributed by atoms with E-state index in [1.54, 1.807) is 16.8 Å². The maximum absolute atomic E-state index is 14.0. The molecule has 0 bridgehead atoms. The van der Waals surface area contributed by atoms with Gasteiger partial charge in [0.15, 0.2) is 0 Å². The Morgan fingerprint density at radius 1 is 1.38 bits per heavy atom. The van der Waals surface area contributed by atoms with E-state index in [0.717, 1.165) is 26.8 Å². The van der Waals surface area contributed by atoms with Gasteiger partial charge in [0.25, 0.3) is 0 Å². The van der Waals surface area contributed by atoms with Gasteiger partial charge in [0.2, 0.25) is 10.0 Å². The highest BCUT2D eigenvalue weighted by atomic mass is 35.5. The van der Waals surface area contributed by atoms with Crippen molar-refractivity contribution in [2.75, 3.05) is 20.6 Å². The van der Waals surface area contributed by atoms with Crippen LogP contribution in [0.1, 0.15) is 42.3 Å². The molecule has 0 unspecified atom stereocenters. The summed E-state index contributed by atoms with van der Waals surface area (Å²) in [7, 11) is -0.689. The lowest BCUT2D eigenvalue weighted by atomic mass is 9.97. The summed E-state index contributed by atoms with van der Waals surface area (Å²) in [6, 6.07) is 4.93. The van der Waals surface area contributed by atoms with Crippen LogP contribution in [0.2, 0.25) is 5.02 Å². The molecule has 1 aromatic carbocycles. The second-order valence-corrected chi connectivity index (χ2v) is 9.90. The topological polar surface area (TPSA) is 81.2 Å². The Morgan fingerprint density at radius 3 is 2.55 bits per heavy atom. The van der Waals surface area contributed by atoms with Crippen molar-refractivity contribution < 1.29 is 12.8 Å². The van der Waals surface area contributed by atoms with Crippen molar-refractivity contribution in [1.29, 1.82) is 0 Å². The smallest absolute Gasteiger partial charge is 0.244 e. The zero-order chi connectivity index (χ0) is 21.9. The number of hydrogen-bond acceptors (Lipinski definition) is 4. The molecule has 0 radical (unpaired) electrons. The quantitative estimate of drug-likeness (QED) is 0.676. The van der Waals surface area contributed by atoms with Gasteiger partial charge < -0.3 is 5.73 Å². The predicted molar refractivity (Wildman–Crippen MR) is 114 cm³/mol. The molecule has 0 amide bonds. The number of hydrogen-bond donors (Lipinski definition) is 1. The van der Waals surface area contributed by atoms with Crippen LogP contribution in [-0.2, 0) is 23.0 Å². The lowest BCUT2D eigenvalue weighted by Crippen LogP contribution is -2.22. The highest BCUT2D eigenvalue weighted by Gasteiger charge is 2.22. The molecule has 0 saturated heterocycles. The largest absolute Gasteiger partial charge is 0.327 e. The minimum absolute atomic E-state index is 0.0341. The number of nitrogens with two attached hydrogens (primary N) is 1. The van der Waals surface area contributed by atoms with Gasteiger partial charge in [-0.05, 0) is 36.6 Å². The summed E-state index contributed by atoms with van der Waals surface area (Å²) in [4.78, 5) is 0.0680. The van der Waals surface area contributed by atoms with Crippen LogP contribution in [0.25, 0.3) is 0 Å². The fraction of sp³-hybridized carbons (Fsp3) is 0.450. The van der Waals surface area contributed by atoms with Gasteiger partial charge in [0.1, 0.15) is 10.7 Å².